The first kappa shape index (κ1) is 38.8. The topological polar surface area (TPSA) is 238 Å². The van der Waals surface area contributed by atoms with Crippen LogP contribution in [0.2, 0.25) is 0 Å². The maximum Gasteiger partial charge on any atom is 0.227 e. The zero-order chi connectivity index (χ0) is 31.5. The van der Waals surface area contributed by atoms with Gasteiger partial charge in [-0.1, -0.05) is 19.1 Å². The van der Waals surface area contributed by atoms with Crippen molar-refractivity contribution in [3.05, 3.63) is 12.2 Å². The second kappa shape index (κ2) is 26.2. The minimum Gasteiger partial charge on any atom is -0.355 e. The molecule has 0 saturated heterocycles. The SMILES string of the molecule is CC1C=CC(C(=O)NCCNCCNCCN)C(C(=O)NCCNCCNCCN)C1C(=O)NCCNCCNCCN. The third kappa shape index (κ3) is 17.6. The third-order valence-electron chi connectivity index (χ3n) is 7.07. The van der Waals surface area contributed by atoms with E-state index in [4.69, 9.17) is 17.2 Å². The molecule has 0 aromatic carbocycles. The zero-order valence-corrected chi connectivity index (χ0v) is 26.1. The Morgan fingerprint density at radius 2 is 0.791 bits per heavy atom. The Kier molecular flexibility index (Phi) is 23.7. The Labute approximate surface area is 257 Å². The molecule has 4 atom stereocenters. The molecule has 15 N–H and O–H groups in total. The molecule has 0 aromatic heterocycles. The highest BCUT2D eigenvalue weighted by molar-refractivity contribution is 5.94. The molecular weight excluding hydrogens is 552 g/mol. The predicted octanol–water partition coefficient (Wildman–Crippen LogP) is -5.20. The van der Waals surface area contributed by atoms with Crippen molar-refractivity contribution in [1.82, 2.24) is 47.9 Å². The van der Waals surface area contributed by atoms with Crippen molar-refractivity contribution in [2.24, 2.45) is 40.9 Å². The van der Waals surface area contributed by atoms with Gasteiger partial charge in [0.05, 0.1) is 17.8 Å². The minimum atomic E-state index is -0.826. The molecule has 0 aromatic rings. The molecule has 15 nitrogen and oxygen atoms in total. The van der Waals surface area contributed by atoms with Gasteiger partial charge in [0.1, 0.15) is 0 Å². The molecule has 0 bridgehead atoms. The smallest absolute Gasteiger partial charge is 0.227 e. The lowest BCUT2D eigenvalue weighted by atomic mass is 9.69. The minimum absolute atomic E-state index is 0.206. The molecule has 0 heterocycles. The van der Waals surface area contributed by atoms with Crippen LogP contribution in [-0.4, -0.2) is 136 Å². The van der Waals surface area contributed by atoms with E-state index < -0.39 is 17.8 Å². The van der Waals surface area contributed by atoms with Crippen LogP contribution in [0.15, 0.2) is 12.2 Å². The predicted molar refractivity (Wildman–Crippen MR) is 172 cm³/mol. The lowest BCUT2D eigenvalue weighted by molar-refractivity contribution is -0.142. The Bertz CT molecular complexity index is 773. The molecule has 0 fully saturated rings. The van der Waals surface area contributed by atoms with Gasteiger partial charge in [0.15, 0.2) is 0 Å². The standard InChI is InChI=1S/C28H60N12O3/c1-22-2-3-23(26(41)38-19-16-35-13-10-32-7-4-29)25(28(43)40-21-18-37-15-12-34-9-6-31)24(22)27(42)39-20-17-36-14-11-33-8-5-30/h2-3,22-25,32-37H,4-21,29-31H2,1H3,(H,38,41)(H,39,42)(H,40,43). The Morgan fingerprint density at radius 3 is 1.19 bits per heavy atom. The van der Waals surface area contributed by atoms with Crippen molar-refractivity contribution in [3.8, 4) is 0 Å². The molecule has 250 valence electrons. The molecule has 15 heteroatoms. The number of carbonyl (C=O) groups excluding carboxylic acids is 3. The van der Waals surface area contributed by atoms with Crippen molar-refractivity contribution in [1.29, 1.82) is 0 Å². The van der Waals surface area contributed by atoms with E-state index in [9.17, 15) is 14.4 Å². The largest absolute Gasteiger partial charge is 0.355 e. The summed E-state index contributed by atoms with van der Waals surface area (Å²) in [6.07, 6.45) is 3.65. The molecule has 0 saturated carbocycles. The van der Waals surface area contributed by atoms with Gasteiger partial charge in [-0.25, -0.2) is 0 Å². The van der Waals surface area contributed by atoms with Gasteiger partial charge >= 0.3 is 0 Å². The fourth-order valence-electron chi connectivity index (χ4n) is 4.83. The molecule has 1 aliphatic carbocycles. The number of rotatable bonds is 27. The van der Waals surface area contributed by atoms with Gasteiger partial charge in [0, 0.05) is 118 Å². The number of nitrogens with one attached hydrogen (secondary N) is 9. The fraction of sp³-hybridized carbons (Fsp3) is 0.821. The molecule has 1 aliphatic rings. The maximum atomic E-state index is 13.5. The average Bonchev–Trinajstić information content (AvgIpc) is 3.00. The molecule has 0 aliphatic heterocycles. The van der Waals surface area contributed by atoms with Crippen LogP contribution < -0.4 is 65.1 Å². The number of hydrogen-bond donors (Lipinski definition) is 12. The van der Waals surface area contributed by atoms with Crippen molar-refractivity contribution >= 4 is 17.7 Å². The highest BCUT2D eigenvalue weighted by atomic mass is 16.2. The van der Waals surface area contributed by atoms with E-state index in [2.05, 4.69) is 47.9 Å². The molecule has 4 unspecified atom stereocenters. The van der Waals surface area contributed by atoms with Crippen LogP contribution in [0, 0.1) is 23.7 Å². The first-order valence-corrected chi connectivity index (χ1v) is 15.8. The zero-order valence-electron chi connectivity index (χ0n) is 26.1. The van der Waals surface area contributed by atoms with Gasteiger partial charge in [0.2, 0.25) is 17.7 Å². The van der Waals surface area contributed by atoms with Crippen LogP contribution in [0.3, 0.4) is 0 Å². The van der Waals surface area contributed by atoms with Gasteiger partial charge in [-0.2, -0.15) is 0 Å². The molecule has 1 rings (SSSR count). The third-order valence-corrected chi connectivity index (χ3v) is 7.07. The van der Waals surface area contributed by atoms with Crippen molar-refractivity contribution in [3.63, 3.8) is 0 Å². The maximum absolute atomic E-state index is 13.5. The molecule has 43 heavy (non-hydrogen) atoms. The highest BCUT2D eigenvalue weighted by Gasteiger charge is 2.45. The van der Waals surface area contributed by atoms with Gasteiger partial charge in [-0.3, -0.25) is 14.4 Å². The molecule has 0 radical (unpaired) electrons. The molecule has 0 spiro atoms. The van der Waals surface area contributed by atoms with E-state index in [0.717, 1.165) is 58.9 Å². The van der Waals surface area contributed by atoms with Gasteiger partial charge in [0.25, 0.3) is 0 Å². The summed E-state index contributed by atoms with van der Waals surface area (Å²) in [5, 5.41) is 28.3. The van der Waals surface area contributed by atoms with E-state index in [0.29, 0.717) is 58.9 Å². The van der Waals surface area contributed by atoms with Gasteiger partial charge in [-0.05, 0) is 5.92 Å². The van der Waals surface area contributed by atoms with Crippen LogP contribution >= 0.6 is 0 Å². The summed E-state index contributed by atoms with van der Waals surface area (Å²) in [5.74, 6) is -3.25. The fourth-order valence-corrected chi connectivity index (χ4v) is 4.83. The molecule has 3 amide bonds. The highest BCUT2D eigenvalue weighted by Crippen LogP contribution is 2.35. The number of nitrogens with two attached hydrogens (primary N) is 3. The summed E-state index contributed by atoms with van der Waals surface area (Å²) in [5.41, 5.74) is 16.4. The summed E-state index contributed by atoms with van der Waals surface area (Å²) in [7, 11) is 0. The van der Waals surface area contributed by atoms with Crippen LogP contribution in [0.4, 0.5) is 0 Å². The summed E-state index contributed by atoms with van der Waals surface area (Å²) in [6.45, 7) is 13.5. The quantitative estimate of drug-likeness (QED) is 0.0308. The van der Waals surface area contributed by atoms with Crippen LogP contribution in [0.5, 0.6) is 0 Å². The van der Waals surface area contributed by atoms with Gasteiger partial charge in [-0.15, -0.1) is 0 Å². The second-order valence-corrected chi connectivity index (χ2v) is 10.6. The van der Waals surface area contributed by atoms with Crippen molar-refractivity contribution in [2.75, 3.05) is 118 Å². The second-order valence-electron chi connectivity index (χ2n) is 10.6. The van der Waals surface area contributed by atoms with E-state index in [-0.39, 0.29) is 23.6 Å². The number of allylic oxidation sites excluding steroid dienone is 1. The van der Waals surface area contributed by atoms with Crippen molar-refractivity contribution < 1.29 is 14.4 Å². The lowest BCUT2D eigenvalue weighted by Crippen LogP contribution is -2.53. The van der Waals surface area contributed by atoms with E-state index in [1.807, 2.05) is 13.0 Å². The van der Waals surface area contributed by atoms with E-state index in [1.165, 1.54) is 0 Å². The average molecular weight is 613 g/mol. The van der Waals surface area contributed by atoms with E-state index in [1.54, 1.807) is 6.08 Å². The Morgan fingerprint density at radius 1 is 0.465 bits per heavy atom. The number of carbonyl (C=O) groups is 3. The first-order valence-electron chi connectivity index (χ1n) is 15.8. The number of amides is 3. The van der Waals surface area contributed by atoms with Crippen LogP contribution in [-0.2, 0) is 14.4 Å². The summed E-state index contributed by atoms with van der Waals surface area (Å²) in [6, 6.07) is 0. The number of hydrogen-bond acceptors (Lipinski definition) is 12. The summed E-state index contributed by atoms with van der Waals surface area (Å²) < 4.78 is 0. The van der Waals surface area contributed by atoms with Crippen molar-refractivity contribution in [2.45, 2.75) is 6.92 Å². The Hall–Kier alpha value is -2.21. The summed E-state index contributed by atoms with van der Waals surface area (Å²) >= 11 is 0. The first-order chi connectivity index (χ1) is 21.0. The normalized spacial score (nSPS) is 19.7. The van der Waals surface area contributed by atoms with E-state index >= 15 is 0 Å². The summed E-state index contributed by atoms with van der Waals surface area (Å²) in [4.78, 5) is 40.2. The molecular formula is C28H60N12O3. The Balaban J connectivity index is 2.72. The van der Waals surface area contributed by atoms with Crippen LogP contribution in [0.25, 0.3) is 0 Å². The van der Waals surface area contributed by atoms with Crippen LogP contribution in [0.1, 0.15) is 6.92 Å². The monoisotopic (exact) mass is 612 g/mol. The lowest BCUT2D eigenvalue weighted by Gasteiger charge is -2.36. The van der Waals surface area contributed by atoms with Gasteiger partial charge < -0.3 is 65.1 Å².